The van der Waals surface area contributed by atoms with E-state index in [0.29, 0.717) is 18.2 Å². The number of carbonyl (C=O) groups is 2. The first-order chi connectivity index (χ1) is 11.6. The minimum Gasteiger partial charge on any atom is -0.468 e. The average molecular weight is 330 g/mol. The van der Waals surface area contributed by atoms with Crippen molar-refractivity contribution in [1.29, 1.82) is 0 Å². The molecule has 3 rings (SSSR count). The van der Waals surface area contributed by atoms with Crippen molar-refractivity contribution < 1.29 is 14.0 Å². The summed E-state index contributed by atoms with van der Waals surface area (Å²) in [6.45, 7) is 4.83. The van der Waals surface area contributed by atoms with Gasteiger partial charge in [-0.25, -0.2) is 0 Å². The number of hydrogen-bond donors (Lipinski definition) is 2. The molecule has 1 amide bonds. The molecule has 24 heavy (non-hydrogen) atoms. The molecule has 0 aromatic carbocycles. The summed E-state index contributed by atoms with van der Waals surface area (Å²) >= 11 is 0. The molecule has 1 fully saturated rings. The molecule has 0 aliphatic carbocycles. The highest BCUT2D eigenvalue weighted by Gasteiger charge is 2.21. The van der Waals surface area contributed by atoms with Crippen LogP contribution >= 0.6 is 0 Å². The van der Waals surface area contributed by atoms with E-state index in [9.17, 15) is 9.59 Å². The van der Waals surface area contributed by atoms with Gasteiger partial charge >= 0.3 is 0 Å². The molecule has 0 radical (unpaired) electrons. The van der Waals surface area contributed by atoms with Gasteiger partial charge in [-0.2, -0.15) is 5.10 Å². The fourth-order valence-electron chi connectivity index (χ4n) is 3.04. The number of aromatic nitrogens is 2. The number of Topliss-reactive ketones (excluding diaryl/α,β-unsaturated/α-hetero) is 1. The lowest BCUT2D eigenvalue weighted by Gasteiger charge is -2.32. The quantitative estimate of drug-likeness (QED) is 0.789. The van der Waals surface area contributed by atoms with E-state index in [-0.39, 0.29) is 17.4 Å². The monoisotopic (exact) mass is 330 g/mol. The fraction of sp³-hybridized carbons (Fsp3) is 0.471. The van der Waals surface area contributed by atoms with Gasteiger partial charge < -0.3 is 9.73 Å². The molecule has 7 heteroatoms. The third-order valence-corrected chi connectivity index (χ3v) is 4.30. The van der Waals surface area contributed by atoms with Crippen LogP contribution in [0.25, 0.3) is 0 Å². The molecule has 0 unspecified atom stereocenters. The third kappa shape index (κ3) is 4.11. The molecule has 2 aromatic rings. The highest BCUT2D eigenvalue weighted by Crippen LogP contribution is 2.18. The number of piperidine rings is 1. The SMILES string of the molecule is CC(=O)c1cc(C(=O)NC[C@@H]2CCCN(Cc3ccco3)C2)[nH]n1. The first kappa shape index (κ1) is 16.4. The van der Waals surface area contributed by atoms with E-state index in [1.165, 1.54) is 13.0 Å². The highest BCUT2D eigenvalue weighted by molar-refractivity contribution is 5.97. The van der Waals surface area contributed by atoms with Gasteiger partial charge in [0.05, 0.1) is 12.8 Å². The molecule has 128 valence electrons. The minimum atomic E-state index is -0.224. The number of likely N-dealkylation sites (tertiary alicyclic amines) is 1. The standard InChI is InChI=1S/C17H22N4O3/c1-12(22)15-8-16(20-19-15)17(23)18-9-13-4-2-6-21(10-13)11-14-5-3-7-24-14/h3,5,7-8,13H,2,4,6,9-11H2,1H3,(H,18,23)(H,19,20)/t13-/m0/s1. The summed E-state index contributed by atoms with van der Waals surface area (Å²) in [6.07, 6.45) is 3.90. The summed E-state index contributed by atoms with van der Waals surface area (Å²) in [5.41, 5.74) is 0.603. The van der Waals surface area contributed by atoms with Crippen LogP contribution in [0.5, 0.6) is 0 Å². The zero-order valence-electron chi connectivity index (χ0n) is 13.7. The number of nitrogens with zero attached hydrogens (tertiary/aromatic N) is 2. The van der Waals surface area contributed by atoms with E-state index in [1.54, 1.807) is 6.26 Å². The predicted octanol–water partition coefficient (Wildman–Crippen LogP) is 1.85. The lowest BCUT2D eigenvalue weighted by Crippen LogP contribution is -2.40. The van der Waals surface area contributed by atoms with Crippen molar-refractivity contribution in [3.05, 3.63) is 41.6 Å². The van der Waals surface area contributed by atoms with Gasteiger partial charge in [0.2, 0.25) is 0 Å². The second kappa shape index (κ2) is 7.44. The summed E-state index contributed by atoms with van der Waals surface area (Å²) in [5, 5.41) is 9.37. The number of amides is 1. The van der Waals surface area contributed by atoms with Crippen molar-refractivity contribution in [1.82, 2.24) is 20.4 Å². The van der Waals surface area contributed by atoms with Gasteiger partial charge in [0, 0.05) is 20.0 Å². The second-order valence-electron chi connectivity index (χ2n) is 6.26. The van der Waals surface area contributed by atoms with Crippen molar-refractivity contribution in [3.63, 3.8) is 0 Å². The van der Waals surface area contributed by atoms with Crippen LogP contribution in [0.3, 0.4) is 0 Å². The lowest BCUT2D eigenvalue weighted by atomic mass is 9.98. The van der Waals surface area contributed by atoms with Gasteiger partial charge in [-0.1, -0.05) is 0 Å². The number of aromatic amines is 1. The Balaban J connectivity index is 1.48. The first-order valence-electron chi connectivity index (χ1n) is 8.21. The van der Waals surface area contributed by atoms with Crippen LogP contribution in [-0.4, -0.2) is 46.4 Å². The van der Waals surface area contributed by atoms with Crippen LogP contribution < -0.4 is 5.32 Å². The lowest BCUT2D eigenvalue weighted by molar-refractivity contribution is 0.0923. The number of rotatable bonds is 6. The molecular weight excluding hydrogens is 308 g/mol. The molecule has 2 N–H and O–H groups in total. The van der Waals surface area contributed by atoms with Crippen LogP contribution in [0.15, 0.2) is 28.9 Å². The normalized spacial score (nSPS) is 18.5. The number of nitrogens with one attached hydrogen (secondary N) is 2. The molecule has 1 aliphatic rings. The highest BCUT2D eigenvalue weighted by atomic mass is 16.3. The summed E-state index contributed by atoms with van der Waals surface area (Å²) < 4.78 is 5.40. The van der Waals surface area contributed by atoms with Crippen molar-refractivity contribution in [2.45, 2.75) is 26.3 Å². The van der Waals surface area contributed by atoms with Gasteiger partial charge in [0.15, 0.2) is 5.78 Å². The molecule has 1 atom stereocenters. The molecule has 1 aliphatic heterocycles. The Bertz CT molecular complexity index is 693. The van der Waals surface area contributed by atoms with Crippen LogP contribution in [0, 0.1) is 5.92 Å². The Hall–Kier alpha value is -2.41. The Morgan fingerprint density at radius 1 is 1.50 bits per heavy atom. The molecule has 0 saturated carbocycles. The van der Waals surface area contributed by atoms with E-state index in [2.05, 4.69) is 20.4 Å². The maximum Gasteiger partial charge on any atom is 0.269 e. The van der Waals surface area contributed by atoms with Crippen molar-refractivity contribution in [3.8, 4) is 0 Å². The Kier molecular flexibility index (Phi) is 5.10. The van der Waals surface area contributed by atoms with E-state index in [0.717, 1.165) is 38.2 Å². The number of H-pyrrole nitrogens is 1. The molecule has 2 aromatic heterocycles. The molecule has 0 spiro atoms. The zero-order chi connectivity index (χ0) is 16.9. The number of furan rings is 1. The van der Waals surface area contributed by atoms with Gasteiger partial charge in [-0.05, 0) is 43.5 Å². The van der Waals surface area contributed by atoms with Crippen LogP contribution in [0.1, 0.15) is 46.5 Å². The van der Waals surface area contributed by atoms with Gasteiger partial charge in [-0.15, -0.1) is 0 Å². The maximum absolute atomic E-state index is 12.1. The Morgan fingerprint density at radius 2 is 2.38 bits per heavy atom. The van der Waals surface area contributed by atoms with Gasteiger partial charge in [-0.3, -0.25) is 19.6 Å². The van der Waals surface area contributed by atoms with Crippen molar-refractivity contribution in [2.75, 3.05) is 19.6 Å². The summed E-state index contributed by atoms with van der Waals surface area (Å²) in [7, 11) is 0. The molecule has 7 nitrogen and oxygen atoms in total. The number of carbonyl (C=O) groups excluding carboxylic acids is 2. The molecule has 0 bridgehead atoms. The summed E-state index contributed by atoms with van der Waals surface area (Å²) in [4.78, 5) is 25.7. The molecule has 3 heterocycles. The topological polar surface area (TPSA) is 91.2 Å². The predicted molar refractivity (Wildman–Crippen MR) is 87.6 cm³/mol. The smallest absolute Gasteiger partial charge is 0.269 e. The van der Waals surface area contributed by atoms with Crippen LogP contribution in [0.2, 0.25) is 0 Å². The fourth-order valence-corrected chi connectivity index (χ4v) is 3.04. The largest absolute Gasteiger partial charge is 0.468 e. The third-order valence-electron chi connectivity index (χ3n) is 4.30. The van der Waals surface area contributed by atoms with Gasteiger partial charge in [0.25, 0.3) is 5.91 Å². The summed E-state index contributed by atoms with van der Waals surface area (Å²) in [6, 6.07) is 5.37. The van der Waals surface area contributed by atoms with E-state index >= 15 is 0 Å². The number of ketones is 1. The van der Waals surface area contributed by atoms with Crippen LogP contribution in [0.4, 0.5) is 0 Å². The molecular formula is C17H22N4O3. The number of hydrogen-bond acceptors (Lipinski definition) is 5. The molecule has 1 saturated heterocycles. The van der Waals surface area contributed by atoms with E-state index in [1.807, 2.05) is 12.1 Å². The van der Waals surface area contributed by atoms with E-state index in [4.69, 9.17) is 4.42 Å². The van der Waals surface area contributed by atoms with Gasteiger partial charge in [0.1, 0.15) is 17.1 Å². The van der Waals surface area contributed by atoms with Crippen molar-refractivity contribution >= 4 is 11.7 Å². The van der Waals surface area contributed by atoms with Crippen molar-refractivity contribution in [2.24, 2.45) is 5.92 Å². The average Bonchev–Trinajstić information content (AvgIpc) is 3.24. The van der Waals surface area contributed by atoms with E-state index < -0.39 is 0 Å². The second-order valence-corrected chi connectivity index (χ2v) is 6.26. The zero-order valence-corrected chi connectivity index (χ0v) is 13.7. The maximum atomic E-state index is 12.1. The summed E-state index contributed by atoms with van der Waals surface area (Å²) in [5.74, 6) is 0.992. The first-order valence-corrected chi connectivity index (χ1v) is 8.21. The minimum absolute atomic E-state index is 0.161. The van der Waals surface area contributed by atoms with Crippen LogP contribution in [-0.2, 0) is 6.54 Å². The Morgan fingerprint density at radius 3 is 3.08 bits per heavy atom. The Labute approximate surface area is 140 Å².